The molecular formula is C24H33N7O. The molecule has 0 aliphatic carbocycles. The molecule has 0 aromatic carbocycles. The van der Waals surface area contributed by atoms with E-state index in [1.54, 1.807) is 6.07 Å². The highest BCUT2D eigenvalue weighted by molar-refractivity contribution is 5.48. The van der Waals surface area contributed by atoms with Crippen molar-refractivity contribution in [1.82, 2.24) is 19.5 Å². The van der Waals surface area contributed by atoms with Crippen LogP contribution in [-0.4, -0.2) is 58.3 Å². The van der Waals surface area contributed by atoms with Gasteiger partial charge in [-0.05, 0) is 56.9 Å². The second-order valence-electron chi connectivity index (χ2n) is 9.91. The number of pyridine rings is 1. The number of hydrogen-bond acceptors (Lipinski definition) is 7. The smallest absolute Gasteiger partial charge is 0.250 e. The standard InChI is InChI=1S/C24H33N7O/c32-21-9-7-8-19-15-20-14-18(16-30(19)21)17-31(20)24-26-22(28-10-3-1-4-11-28)25-23(27-24)29-12-5-2-6-13-29/h7-9,18,20H,1-6,10-17H2. The maximum atomic E-state index is 12.4. The number of rotatable bonds is 3. The van der Waals surface area contributed by atoms with Crippen LogP contribution in [0.5, 0.6) is 0 Å². The SMILES string of the molecule is O=c1cccc2n1CC1CC(C2)N(c2nc(N3CCCCC3)nc(N3CCCCC3)n2)C1. The van der Waals surface area contributed by atoms with Crippen molar-refractivity contribution in [2.75, 3.05) is 47.4 Å². The summed E-state index contributed by atoms with van der Waals surface area (Å²) in [4.78, 5) is 34.5. The van der Waals surface area contributed by atoms with Gasteiger partial charge in [-0.15, -0.1) is 0 Å². The first-order valence-electron chi connectivity index (χ1n) is 12.5. The molecule has 0 radical (unpaired) electrons. The van der Waals surface area contributed by atoms with Crippen LogP contribution >= 0.6 is 0 Å². The third-order valence-electron chi connectivity index (χ3n) is 7.66. The molecule has 2 atom stereocenters. The zero-order valence-electron chi connectivity index (χ0n) is 18.8. The monoisotopic (exact) mass is 435 g/mol. The van der Waals surface area contributed by atoms with E-state index in [0.717, 1.165) is 75.6 Å². The first-order chi connectivity index (χ1) is 15.7. The first-order valence-corrected chi connectivity index (χ1v) is 12.5. The molecule has 32 heavy (non-hydrogen) atoms. The van der Waals surface area contributed by atoms with Gasteiger partial charge in [-0.2, -0.15) is 15.0 Å². The molecule has 4 aliphatic rings. The Morgan fingerprint density at radius 2 is 1.38 bits per heavy atom. The van der Waals surface area contributed by atoms with Crippen molar-refractivity contribution >= 4 is 17.8 Å². The zero-order chi connectivity index (χ0) is 21.5. The molecule has 2 bridgehead atoms. The van der Waals surface area contributed by atoms with E-state index in [0.29, 0.717) is 12.0 Å². The number of piperidine rings is 2. The maximum absolute atomic E-state index is 12.4. The lowest BCUT2D eigenvalue weighted by atomic mass is 10.1. The van der Waals surface area contributed by atoms with Gasteiger partial charge in [-0.25, -0.2) is 0 Å². The van der Waals surface area contributed by atoms with Gasteiger partial charge in [0, 0.05) is 63.5 Å². The van der Waals surface area contributed by atoms with Crippen LogP contribution in [0.4, 0.5) is 17.8 Å². The molecule has 170 valence electrons. The normalized spacial score (nSPS) is 25.6. The maximum Gasteiger partial charge on any atom is 0.250 e. The minimum atomic E-state index is 0.126. The molecule has 0 amide bonds. The van der Waals surface area contributed by atoms with Gasteiger partial charge >= 0.3 is 0 Å². The van der Waals surface area contributed by atoms with Crippen LogP contribution < -0.4 is 20.3 Å². The molecule has 0 saturated carbocycles. The average molecular weight is 436 g/mol. The first kappa shape index (κ1) is 20.0. The number of fused-ring (bicyclic) bond motifs is 3. The van der Waals surface area contributed by atoms with Crippen molar-refractivity contribution < 1.29 is 0 Å². The van der Waals surface area contributed by atoms with Gasteiger partial charge in [-0.1, -0.05) is 6.07 Å². The number of nitrogens with zero attached hydrogens (tertiary/aromatic N) is 7. The van der Waals surface area contributed by atoms with E-state index in [2.05, 4.69) is 20.8 Å². The minimum absolute atomic E-state index is 0.126. The van der Waals surface area contributed by atoms with Crippen LogP contribution in [0.15, 0.2) is 23.0 Å². The summed E-state index contributed by atoms with van der Waals surface area (Å²) in [6, 6.07) is 6.01. The lowest BCUT2D eigenvalue weighted by Gasteiger charge is -2.32. The quantitative estimate of drug-likeness (QED) is 0.733. The van der Waals surface area contributed by atoms with Crippen LogP contribution in [-0.2, 0) is 13.0 Å². The predicted octanol–water partition coefficient (Wildman–Crippen LogP) is 2.47. The van der Waals surface area contributed by atoms with E-state index in [1.807, 2.05) is 10.6 Å². The molecule has 6 heterocycles. The number of hydrogen-bond donors (Lipinski definition) is 0. The van der Waals surface area contributed by atoms with Crippen LogP contribution in [0.2, 0.25) is 0 Å². The number of aromatic nitrogens is 4. The summed E-state index contributed by atoms with van der Waals surface area (Å²) in [6.07, 6.45) is 9.38. The summed E-state index contributed by atoms with van der Waals surface area (Å²) in [5.41, 5.74) is 1.26. The fourth-order valence-electron chi connectivity index (χ4n) is 5.98. The summed E-state index contributed by atoms with van der Waals surface area (Å²) in [5.74, 6) is 2.99. The Morgan fingerprint density at radius 3 is 2.03 bits per heavy atom. The van der Waals surface area contributed by atoms with Gasteiger partial charge in [0.25, 0.3) is 5.56 Å². The Morgan fingerprint density at radius 1 is 0.750 bits per heavy atom. The molecule has 3 saturated heterocycles. The van der Waals surface area contributed by atoms with Crippen molar-refractivity contribution in [2.45, 2.75) is 64.0 Å². The fraction of sp³-hybridized carbons (Fsp3) is 0.667. The predicted molar refractivity (Wildman–Crippen MR) is 126 cm³/mol. The lowest BCUT2D eigenvalue weighted by Crippen LogP contribution is -2.39. The largest absolute Gasteiger partial charge is 0.341 e. The van der Waals surface area contributed by atoms with Crippen molar-refractivity contribution in [3.63, 3.8) is 0 Å². The molecule has 3 fully saturated rings. The molecule has 4 aliphatic heterocycles. The van der Waals surface area contributed by atoms with E-state index in [4.69, 9.17) is 15.0 Å². The topological polar surface area (TPSA) is 70.4 Å². The van der Waals surface area contributed by atoms with E-state index in [-0.39, 0.29) is 5.56 Å². The Balaban J connectivity index is 1.35. The van der Waals surface area contributed by atoms with E-state index >= 15 is 0 Å². The summed E-state index contributed by atoms with van der Waals surface area (Å²) < 4.78 is 1.98. The second kappa shape index (κ2) is 8.37. The highest BCUT2D eigenvalue weighted by Crippen LogP contribution is 2.34. The van der Waals surface area contributed by atoms with Crippen molar-refractivity contribution in [3.8, 4) is 0 Å². The van der Waals surface area contributed by atoms with Gasteiger partial charge in [0.1, 0.15) is 0 Å². The van der Waals surface area contributed by atoms with Crippen LogP contribution in [0.1, 0.15) is 50.6 Å². The Labute approximate surface area is 189 Å². The van der Waals surface area contributed by atoms with E-state index in [1.165, 1.54) is 38.5 Å². The third-order valence-corrected chi connectivity index (χ3v) is 7.66. The molecule has 8 nitrogen and oxygen atoms in total. The van der Waals surface area contributed by atoms with Gasteiger partial charge in [0.2, 0.25) is 17.8 Å². The lowest BCUT2D eigenvalue weighted by molar-refractivity contribution is 0.477. The van der Waals surface area contributed by atoms with Crippen LogP contribution in [0, 0.1) is 5.92 Å². The second-order valence-corrected chi connectivity index (χ2v) is 9.91. The Kier molecular flexibility index (Phi) is 5.23. The van der Waals surface area contributed by atoms with Gasteiger partial charge in [0.05, 0.1) is 0 Å². The van der Waals surface area contributed by atoms with Gasteiger partial charge in [-0.3, -0.25) is 4.79 Å². The molecule has 8 heteroatoms. The third kappa shape index (κ3) is 3.73. The summed E-state index contributed by atoms with van der Waals surface area (Å²) in [6.45, 7) is 5.84. The van der Waals surface area contributed by atoms with Gasteiger partial charge in [0.15, 0.2) is 0 Å². The molecule has 0 spiro atoms. The van der Waals surface area contributed by atoms with Crippen LogP contribution in [0.25, 0.3) is 0 Å². The van der Waals surface area contributed by atoms with Crippen molar-refractivity contribution in [1.29, 1.82) is 0 Å². The van der Waals surface area contributed by atoms with E-state index in [9.17, 15) is 4.79 Å². The van der Waals surface area contributed by atoms with Crippen molar-refractivity contribution in [2.24, 2.45) is 5.92 Å². The van der Waals surface area contributed by atoms with Crippen LogP contribution in [0.3, 0.4) is 0 Å². The molecular weight excluding hydrogens is 402 g/mol. The molecule has 2 unspecified atom stereocenters. The van der Waals surface area contributed by atoms with E-state index < -0.39 is 0 Å². The molecule has 2 aromatic heterocycles. The zero-order valence-corrected chi connectivity index (χ0v) is 18.8. The molecule has 0 N–H and O–H groups in total. The highest BCUT2D eigenvalue weighted by Gasteiger charge is 2.38. The van der Waals surface area contributed by atoms with Crippen molar-refractivity contribution in [3.05, 3.63) is 34.2 Å². The Bertz CT molecular complexity index is 989. The fourth-order valence-corrected chi connectivity index (χ4v) is 5.98. The average Bonchev–Trinajstić information content (AvgIpc) is 3.13. The summed E-state index contributed by atoms with van der Waals surface area (Å²) >= 11 is 0. The molecule has 6 rings (SSSR count). The molecule has 2 aromatic rings. The summed E-state index contributed by atoms with van der Waals surface area (Å²) in [5, 5.41) is 0. The highest BCUT2D eigenvalue weighted by atomic mass is 16.1. The number of anilines is 3. The minimum Gasteiger partial charge on any atom is -0.341 e. The Hall–Kier alpha value is -2.64. The summed E-state index contributed by atoms with van der Waals surface area (Å²) in [7, 11) is 0. The van der Waals surface area contributed by atoms with Gasteiger partial charge < -0.3 is 19.3 Å².